The Bertz CT molecular complexity index is 424. The van der Waals surface area contributed by atoms with Crippen LogP contribution in [0.4, 0.5) is 4.39 Å². The van der Waals surface area contributed by atoms with E-state index in [0.717, 1.165) is 12.8 Å². The van der Waals surface area contributed by atoms with E-state index < -0.39 is 0 Å². The Morgan fingerprint density at radius 1 is 1.35 bits per heavy atom. The van der Waals surface area contributed by atoms with E-state index in [9.17, 15) is 9.18 Å². The molecule has 1 aliphatic carbocycles. The lowest BCUT2D eigenvalue weighted by molar-refractivity contribution is 0.0734. The molecule has 3 heteroatoms. The Balaban J connectivity index is 2.18. The maximum absolute atomic E-state index is 13.0. The minimum atomic E-state index is -0.289. The SMILES string of the molecule is Cc1cc(F)ccc1C(=O)N(C)C1CCCC1. The summed E-state index contributed by atoms with van der Waals surface area (Å²) in [6.45, 7) is 1.78. The molecule has 1 saturated carbocycles. The summed E-state index contributed by atoms with van der Waals surface area (Å²) in [5.41, 5.74) is 1.32. The minimum Gasteiger partial charge on any atom is -0.339 e. The third-order valence-electron chi connectivity index (χ3n) is 3.61. The highest BCUT2D eigenvalue weighted by molar-refractivity contribution is 5.95. The molecule has 0 saturated heterocycles. The Kier molecular flexibility index (Phi) is 3.46. The number of hydrogen-bond donors (Lipinski definition) is 0. The zero-order valence-corrected chi connectivity index (χ0v) is 10.4. The maximum Gasteiger partial charge on any atom is 0.254 e. The first-order chi connectivity index (χ1) is 8.09. The van der Waals surface area contributed by atoms with Gasteiger partial charge in [-0.15, -0.1) is 0 Å². The highest BCUT2D eigenvalue weighted by Crippen LogP contribution is 2.24. The first-order valence-electron chi connectivity index (χ1n) is 6.13. The molecule has 1 aromatic carbocycles. The lowest BCUT2D eigenvalue weighted by Gasteiger charge is -2.25. The Labute approximate surface area is 101 Å². The van der Waals surface area contributed by atoms with E-state index in [-0.39, 0.29) is 11.7 Å². The second-order valence-corrected chi connectivity index (χ2v) is 4.81. The molecule has 1 aliphatic rings. The van der Waals surface area contributed by atoms with Crippen LogP contribution in [-0.2, 0) is 0 Å². The van der Waals surface area contributed by atoms with Gasteiger partial charge in [-0.05, 0) is 43.5 Å². The van der Waals surface area contributed by atoms with E-state index in [4.69, 9.17) is 0 Å². The lowest BCUT2D eigenvalue weighted by Crippen LogP contribution is -2.35. The third-order valence-corrected chi connectivity index (χ3v) is 3.61. The smallest absolute Gasteiger partial charge is 0.254 e. The Hall–Kier alpha value is -1.38. The molecule has 0 atom stereocenters. The Morgan fingerprint density at radius 2 is 2.00 bits per heavy atom. The molecule has 0 spiro atoms. The first-order valence-corrected chi connectivity index (χ1v) is 6.13. The van der Waals surface area contributed by atoms with Gasteiger partial charge in [0.05, 0.1) is 0 Å². The monoisotopic (exact) mass is 235 g/mol. The predicted molar refractivity (Wildman–Crippen MR) is 65.5 cm³/mol. The van der Waals surface area contributed by atoms with Crippen LogP contribution in [0, 0.1) is 12.7 Å². The predicted octanol–water partition coefficient (Wildman–Crippen LogP) is 3.15. The molecule has 0 radical (unpaired) electrons. The highest BCUT2D eigenvalue weighted by atomic mass is 19.1. The molecule has 2 rings (SSSR count). The largest absolute Gasteiger partial charge is 0.339 e. The van der Waals surface area contributed by atoms with Crippen molar-refractivity contribution in [2.75, 3.05) is 7.05 Å². The Morgan fingerprint density at radius 3 is 2.59 bits per heavy atom. The molecule has 1 aromatic rings. The number of nitrogens with zero attached hydrogens (tertiary/aromatic N) is 1. The van der Waals surface area contributed by atoms with Crippen molar-refractivity contribution >= 4 is 5.91 Å². The van der Waals surface area contributed by atoms with Crippen molar-refractivity contribution in [1.29, 1.82) is 0 Å². The molecule has 0 unspecified atom stereocenters. The molecule has 2 nitrogen and oxygen atoms in total. The summed E-state index contributed by atoms with van der Waals surface area (Å²) in [6, 6.07) is 4.70. The van der Waals surface area contributed by atoms with Gasteiger partial charge >= 0.3 is 0 Å². The molecular weight excluding hydrogens is 217 g/mol. The maximum atomic E-state index is 13.0. The molecule has 1 fully saturated rings. The lowest BCUT2D eigenvalue weighted by atomic mass is 10.1. The summed E-state index contributed by atoms with van der Waals surface area (Å²) in [5.74, 6) is -0.281. The molecule has 0 bridgehead atoms. The van der Waals surface area contributed by atoms with Crippen LogP contribution in [0.5, 0.6) is 0 Å². The summed E-state index contributed by atoms with van der Waals surface area (Å²) in [4.78, 5) is 14.1. The fourth-order valence-electron chi connectivity index (χ4n) is 2.51. The average Bonchev–Trinajstić information content (AvgIpc) is 2.80. The summed E-state index contributed by atoms with van der Waals surface area (Å²) in [6.07, 6.45) is 4.57. The molecule has 17 heavy (non-hydrogen) atoms. The van der Waals surface area contributed by atoms with Crippen molar-refractivity contribution < 1.29 is 9.18 Å². The number of carbonyl (C=O) groups is 1. The summed E-state index contributed by atoms with van der Waals surface area (Å²) in [7, 11) is 1.85. The van der Waals surface area contributed by atoms with Crippen molar-refractivity contribution in [2.45, 2.75) is 38.6 Å². The second-order valence-electron chi connectivity index (χ2n) is 4.81. The molecule has 0 heterocycles. The van der Waals surface area contributed by atoms with Crippen molar-refractivity contribution in [3.8, 4) is 0 Å². The zero-order chi connectivity index (χ0) is 12.4. The number of rotatable bonds is 2. The third kappa shape index (κ3) is 2.48. The van der Waals surface area contributed by atoms with Gasteiger partial charge in [0, 0.05) is 18.7 Å². The van der Waals surface area contributed by atoms with Crippen molar-refractivity contribution in [2.24, 2.45) is 0 Å². The van der Waals surface area contributed by atoms with Crippen LogP contribution in [0.2, 0.25) is 0 Å². The minimum absolute atomic E-state index is 0.00870. The number of halogens is 1. The van der Waals surface area contributed by atoms with Crippen molar-refractivity contribution in [3.63, 3.8) is 0 Å². The zero-order valence-electron chi connectivity index (χ0n) is 10.4. The molecular formula is C14H18FNO. The normalized spacial score (nSPS) is 16.2. The molecule has 1 amide bonds. The van der Waals surface area contributed by atoms with Crippen LogP contribution in [0.1, 0.15) is 41.6 Å². The number of amides is 1. The standard InChI is InChI=1S/C14H18FNO/c1-10-9-11(15)7-8-13(10)14(17)16(2)12-5-3-4-6-12/h7-9,12H,3-6H2,1-2H3. The molecule has 92 valence electrons. The summed E-state index contributed by atoms with van der Waals surface area (Å²) >= 11 is 0. The fraction of sp³-hybridized carbons (Fsp3) is 0.500. The van der Waals surface area contributed by atoms with Gasteiger partial charge in [0.25, 0.3) is 5.91 Å². The van der Waals surface area contributed by atoms with Crippen LogP contribution >= 0.6 is 0 Å². The number of benzene rings is 1. The van der Waals surface area contributed by atoms with E-state index in [1.807, 2.05) is 11.9 Å². The highest BCUT2D eigenvalue weighted by Gasteiger charge is 2.24. The van der Waals surface area contributed by atoms with Gasteiger partial charge in [0.1, 0.15) is 5.82 Å². The van der Waals surface area contributed by atoms with Crippen LogP contribution in [-0.4, -0.2) is 23.9 Å². The quantitative estimate of drug-likeness (QED) is 0.771. The van der Waals surface area contributed by atoms with E-state index in [1.165, 1.54) is 25.0 Å². The summed E-state index contributed by atoms with van der Waals surface area (Å²) < 4.78 is 13.0. The van der Waals surface area contributed by atoms with Gasteiger partial charge in [0.15, 0.2) is 0 Å². The van der Waals surface area contributed by atoms with Crippen LogP contribution in [0.3, 0.4) is 0 Å². The van der Waals surface area contributed by atoms with E-state index in [0.29, 0.717) is 17.2 Å². The van der Waals surface area contributed by atoms with Gasteiger partial charge in [-0.1, -0.05) is 12.8 Å². The van der Waals surface area contributed by atoms with Gasteiger partial charge in [-0.3, -0.25) is 4.79 Å². The van der Waals surface area contributed by atoms with E-state index in [1.54, 1.807) is 13.0 Å². The molecule has 0 N–H and O–H groups in total. The fourth-order valence-corrected chi connectivity index (χ4v) is 2.51. The van der Waals surface area contributed by atoms with Crippen LogP contribution < -0.4 is 0 Å². The van der Waals surface area contributed by atoms with Crippen molar-refractivity contribution in [1.82, 2.24) is 4.90 Å². The van der Waals surface area contributed by atoms with Crippen LogP contribution in [0.15, 0.2) is 18.2 Å². The number of aryl methyl sites for hydroxylation is 1. The van der Waals surface area contributed by atoms with E-state index in [2.05, 4.69) is 0 Å². The van der Waals surface area contributed by atoms with Gasteiger partial charge in [-0.2, -0.15) is 0 Å². The summed E-state index contributed by atoms with van der Waals surface area (Å²) in [5, 5.41) is 0. The second kappa shape index (κ2) is 4.86. The van der Waals surface area contributed by atoms with Gasteiger partial charge < -0.3 is 4.90 Å². The van der Waals surface area contributed by atoms with Gasteiger partial charge in [-0.25, -0.2) is 4.39 Å². The van der Waals surface area contributed by atoms with Crippen LogP contribution in [0.25, 0.3) is 0 Å². The van der Waals surface area contributed by atoms with E-state index >= 15 is 0 Å². The number of hydrogen-bond acceptors (Lipinski definition) is 1. The number of carbonyl (C=O) groups excluding carboxylic acids is 1. The average molecular weight is 235 g/mol. The van der Waals surface area contributed by atoms with Crippen molar-refractivity contribution in [3.05, 3.63) is 35.1 Å². The topological polar surface area (TPSA) is 20.3 Å². The molecule has 0 aliphatic heterocycles. The first kappa shape index (κ1) is 12.1. The molecule has 0 aromatic heterocycles. The van der Waals surface area contributed by atoms with Gasteiger partial charge in [0.2, 0.25) is 0 Å².